The van der Waals surface area contributed by atoms with Gasteiger partial charge in [0, 0.05) is 10.7 Å². The molecule has 2 amide bonds. The molecule has 0 aliphatic carbocycles. The van der Waals surface area contributed by atoms with Gasteiger partial charge in [-0.05, 0) is 30.3 Å². The number of anilines is 2. The van der Waals surface area contributed by atoms with E-state index in [9.17, 15) is 19.7 Å². The first-order valence-electron chi connectivity index (χ1n) is 7.27. The Morgan fingerprint density at radius 3 is 2.54 bits per heavy atom. The van der Waals surface area contributed by atoms with Gasteiger partial charge in [-0.15, -0.1) is 0 Å². The number of rotatable bonds is 7. The first-order chi connectivity index (χ1) is 12.3. The minimum Gasteiger partial charge on any atom is -0.496 e. The Balaban J connectivity index is 2.11. The van der Waals surface area contributed by atoms with Crippen LogP contribution in [0.5, 0.6) is 5.75 Å². The van der Waals surface area contributed by atoms with Crippen LogP contribution in [0.4, 0.5) is 17.1 Å². The van der Waals surface area contributed by atoms with Crippen molar-refractivity contribution in [2.45, 2.75) is 0 Å². The normalized spacial score (nSPS) is 10.1. The highest BCUT2D eigenvalue weighted by Crippen LogP contribution is 2.29. The highest BCUT2D eigenvalue weighted by atomic mass is 35.5. The van der Waals surface area contributed by atoms with Crippen LogP contribution in [0.15, 0.2) is 36.4 Å². The minimum absolute atomic E-state index is 0.0221. The molecule has 4 N–H and O–H groups in total. The molecule has 10 heteroatoms. The number of ether oxygens (including phenoxy) is 1. The summed E-state index contributed by atoms with van der Waals surface area (Å²) < 4.78 is 4.93. The van der Waals surface area contributed by atoms with Crippen LogP contribution < -0.4 is 21.1 Å². The topological polar surface area (TPSA) is 137 Å². The van der Waals surface area contributed by atoms with Crippen molar-refractivity contribution < 1.29 is 19.2 Å². The Morgan fingerprint density at radius 2 is 1.92 bits per heavy atom. The van der Waals surface area contributed by atoms with Gasteiger partial charge in [-0.3, -0.25) is 19.7 Å². The van der Waals surface area contributed by atoms with E-state index in [1.165, 1.54) is 43.5 Å². The number of hydrogen-bond donors (Lipinski definition) is 3. The van der Waals surface area contributed by atoms with Crippen molar-refractivity contribution in [1.82, 2.24) is 0 Å². The zero-order chi connectivity index (χ0) is 19.3. The molecule has 0 spiro atoms. The van der Waals surface area contributed by atoms with Crippen molar-refractivity contribution in [3.8, 4) is 5.75 Å². The van der Waals surface area contributed by atoms with Gasteiger partial charge in [0.2, 0.25) is 5.91 Å². The highest BCUT2D eigenvalue weighted by Gasteiger charge is 2.17. The van der Waals surface area contributed by atoms with Gasteiger partial charge in [-0.2, -0.15) is 0 Å². The number of benzene rings is 2. The number of carbonyl (C=O) groups is 2. The fourth-order valence-electron chi connectivity index (χ4n) is 2.14. The van der Waals surface area contributed by atoms with Crippen LogP contribution in [-0.4, -0.2) is 30.4 Å². The molecule has 2 aromatic carbocycles. The second kappa shape index (κ2) is 8.17. The molecule has 9 nitrogen and oxygen atoms in total. The predicted octanol–water partition coefficient (Wildman–Crippen LogP) is 2.41. The molecular weight excluding hydrogens is 364 g/mol. The van der Waals surface area contributed by atoms with E-state index in [-0.39, 0.29) is 23.5 Å². The summed E-state index contributed by atoms with van der Waals surface area (Å²) in [6.07, 6.45) is 0. The van der Waals surface area contributed by atoms with Gasteiger partial charge in [-0.25, -0.2) is 0 Å². The number of nitrogens with zero attached hydrogens (tertiary/aromatic N) is 1. The average Bonchev–Trinajstić information content (AvgIpc) is 2.60. The number of nitro benzene ring substituents is 1. The van der Waals surface area contributed by atoms with Gasteiger partial charge in [0.15, 0.2) is 0 Å². The van der Waals surface area contributed by atoms with Gasteiger partial charge < -0.3 is 21.1 Å². The molecule has 0 atom stereocenters. The zero-order valence-corrected chi connectivity index (χ0v) is 14.4. The maximum absolute atomic E-state index is 12.1. The third-order valence-electron chi connectivity index (χ3n) is 3.36. The summed E-state index contributed by atoms with van der Waals surface area (Å²) >= 11 is 5.81. The minimum atomic E-state index is -0.707. The molecule has 136 valence electrons. The van der Waals surface area contributed by atoms with Gasteiger partial charge >= 0.3 is 0 Å². The Labute approximate surface area is 153 Å². The first-order valence-corrected chi connectivity index (χ1v) is 7.65. The molecule has 0 aliphatic heterocycles. The van der Waals surface area contributed by atoms with E-state index in [4.69, 9.17) is 22.1 Å². The lowest BCUT2D eigenvalue weighted by Gasteiger charge is -2.11. The Bertz CT molecular complexity index is 872. The maximum atomic E-state index is 12.1. The molecule has 0 saturated carbocycles. The summed E-state index contributed by atoms with van der Waals surface area (Å²) in [5, 5.41) is 16.6. The second-order valence-corrected chi connectivity index (χ2v) is 5.53. The smallest absolute Gasteiger partial charge is 0.296 e. The van der Waals surface area contributed by atoms with Crippen LogP contribution in [0.2, 0.25) is 5.02 Å². The van der Waals surface area contributed by atoms with Crippen molar-refractivity contribution in [1.29, 1.82) is 0 Å². The molecule has 0 unspecified atom stereocenters. The molecule has 2 aromatic rings. The molecule has 0 aliphatic rings. The average molecular weight is 379 g/mol. The number of nitrogens with one attached hydrogen (secondary N) is 2. The van der Waals surface area contributed by atoms with Gasteiger partial charge in [-0.1, -0.05) is 11.6 Å². The molecule has 0 saturated heterocycles. The molecule has 2 rings (SSSR count). The SMILES string of the molecule is COc1ccc(NC(=O)CNc2ccc(Cl)cc2C(N)=O)c([N+](=O)[O-])c1. The van der Waals surface area contributed by atoms with E-state index < -0.39 is 16.7 Å². The van der Waals surface area contributed by atoms with Crippen LogP contribution in [0.25, 0.3) is 0 Å². The molecule has 0 aromatic heterocycles. The Hall–Kier alpha value is -3.33. The fourth-order valence-corrected chi connectivity index (χ4v) is 2.31. The molecule has 0 bridgehead atoms. The lowest BCUT2D eigenvalue weighted by Crippen LogP contribution is -2.24. The monoisotopic (exact) mass is 378 g/mol. The molecule has 26 heavy (non-hydrogen) atoms. The number of nitrogens with two attached hydrogens (primary N) is 1. The van der Waals surface area contributed by atoms with Gasteiger partial charge in [0.25, 0.3) is 11.6 Å². The number of halogens is 1. The molecule has 0 heterocycles. The Morgan fingerprint density at radius 1 is 1.23 bits per heavy atom. The quantitative estimate of drug-likeness (QED) is 0.499. The standard InChI is InChI=1S/C16H15ClN4O5/c1-26-10-3-5-13(14(7-10)21(24)25)20-15(22)8-19-12-4-2-9(17)6-11(12)16(18)23/h2-7,19H,8H2,1H3,(H2,18,23)(H,20,22). The number of methoxy groups -OCH3 is 1. The summed E-state index contributed by atoms with van der Waals surface area (Å²) in [7, 11) is 1.38. The van der Waals surface area contributed by atoms with Crippen molar-refractivity contribution in [2.75, 3.05) is 24.3 Å². The number of carbonyl (C=O) groups excluding carboxylic acids is 2. The number of primary amides is 1. The van der Waals surface area contributed by atoms with Crippen LogP contribution in [0, 0.1) is 10.1 Å². The summed E-state index contributed by atoms with van der Waals surface area (Å²) in [4.78, 5) is 34.0. The highest BCUT2D eigenvalue weighted by molar-refractivity contribution is 6.31. The molecule has 0 fully saturated rings. The van der Waals surface area contributed by atoms with Crippen LogP contribution in [-0.2, 0) is 4.79 Å². The van der Waals surface area contributed by atoms with E-state index in [1.54, 1.807) is 0 Å². The van der Waals surface area contributed by atoms with Crippen molar-refractivity contribution in [3.05, 3.63) is 57.1 Å². The molecule has 0 radical (unpaired) electrons. The lowest BCUT2D eigenvalue weighted by atomic mass is 10.1. The van der Waals surface area contributed by atoms with Crippen molar-refractivity contribution >= 4 is 40.5 Å². The summed E-state index contributed by atoms with van der Waals surface area (Å²) in [5.41, 5.74) is 5.43. The van der Waals surface area contributed by atoms with Gasteiger partial charge in [0.1, 0.15) is 11.4 Å². The van der Waals surface area contributed by atoms with E-state index >= 15 is 0 Å². The number of amides is 2. The molecular formula is C16H15ClN4O5. The second-order valence-electron chi connectivity index (χ2n) is 5.10. The third-order valence-corrected chi connectivity index (χ3v) is 3.60. The van der Waals surface area contributed by atoms with Crippen LogP contribution >= 0.6 is 11.6 Å². The lowest BCUT2D eigenvalue weighted by molar-refractivity contribution is -0.384. The Kier molecular flexibility index (Phi) is 5.97. The number of hydrogen-bond acceptors (Lipinski definition) is 6. The third kappa shape index (κ3) is 4.61. The maximum Gasteiger partial charge on any atom is 0.296 e. The van der Waals surface area contributed by atoms with E-state index in [1.807, 2.05) is 0 Å². The largest absolute Gasteiger partial charge is 0.496 e. The number of nitro groups is 1. The summed E-state index contributed by atoms with van der Waals surface area (Å²) in [6.45, 7) is -0.245. The predicted molar refractivity (Wildman–Crippen MR) is 96.7 cm³/mol. The van der Waals surface area contributed by atoms with Crippen molar-refractivity contribution in [2.24, 2.45) is 5.73 Å². The van der Waals surface area contributed by atoms with Gasteiger partial charge in [0.05, 0.1) is 30.2 Å². The first kappa shape index (κ1) is 19.0. The van der Waals surface area contributed by atoms with E-state index in [0.717, 1.165) is 0 Å². The van der Waals surface area contributed by atoms with Crippen LogP contribution in [0.1, 0.15) is 10.4 Å². The summed E-state index contributed by atoms with van der Waals surface area (Å²) in [6, 6.07) is 8.46. The van der Waals surface area contributed by atoms with Crippen LogP contribution in [0.3, 0.4) is 0 Å². The van der Waals surface area contributed by atoms with E-state index in [2.05, 4.69) is 10.6 Å². The van der Waals surface area contributed by atoms with Crippen molar-refractivity contribution in [3.63, 3.8) is 0 Å². The summed E-state index contributed by atoms with van der Waals surface area (Å²) in [5.74, 6) is -0.968. The zero-order valence-electron chi connectivity index (χ0n) is 13.6. The van der Waals surface area contributed by atoms with E-state index in [0.29, 0.717) is 16.5 Å². The fraction of sp³-hybridized carbons (Fsp3) is 0.125.